The molecule has 0 saturated carbocycles. The number of guanidine groups is 1. The fourth-order valence-corrected chi connectivity index (χ4v) is 3.44. The van der Waals surface area contributed by atoms with Crippen LogP contribution < -0.4 is 10.1 Å². The number of aliphatic imine (C=N–C) groups is 1. The van der Waals surface area contributed by atoms with E-state index in [1.54, 1.807) is 6.07 Å². The topological polar surface area (TPSA) is 78.4 Å². The van der Waals surface area contributed by atoms with E-state index < -0.39 is 6.61 Å². The molecule has 0 radical (unpaired) electrons. The number of ether oxygens (including phenoxy) is 1. The lowest BCUT2D eigenvalue weighted by Gasteiger charge is -2.33. The van der Waals surface area contributed by atoms with E-state index in [4.69, 9.17) is 11.6 Å². The molecule has 0 atom stereocenters. The summed E-state index contributed by atoms with van der Waals surface area (Å²) in [5.74, 6) is 2.08. The Morgan fingerprint density at radius 2 is 2.17 bits per heavy atom. The molecular formula is C18H24ClF2IN6O. The summed E-state index contributed by atoms with van der Waals surface area (Å²) in [5.41, 5.74) is 0.514. The van der Waals surface area contributed by atoms with Crippen LogP contribution >= 0.6 is 35.6 Å². The van der Waals surface area contributed by atoms with E-state index in [-0.39, 0.29) is 36.3 Å². The molecule has 1 saturated heterocycles. The monoisotopic (exact) mass is 540 g/mol. The van der Waals surface area contributed by atoms with E-state index in [9.17, 15) is 8.78 Å². The Morgan fingerprint density at radius 3 is 2.79 bits per heavy atom. The van der Waals surface area contributed by atoms with Crippen LogP contribution in [-0.4, -0.2) is 52.3 Å². The zero-order chi connectivity index (χ0) is 19.9. The Labute approximate surface area is 190 Å². The van der Waals surface area contributed by atoms with Gasteiger partial charge in [0.05, 0.1) is 6.54 Å². The minimum absolute atomic E-state index is 0. The highest BCUT2D eigenvalue weighted by atomic mass is 127. The van der Waals surface area contributed by atoms with Gasteiger partial charge in [0.15, 0.2) is 5.96 Å². The highest BCUT2D eigenvalue weighted by Crippen LogP contribution is 2.27. The van der Waals surface area contributed by atoms with E-state index in [0.717, 1.165) is 37.7 Å². The minimum Gasteiger partial charge on any atom is -0.434 e. The number of rotatable bonds is 6. The quantitative estimate of drug-likeness (QED) is 0.329. The summed E-state index contributed by atoms with van der Waals surface area (Å²) in [6.45, 7) is 1.61. The summed E-state index contributed by atoms with van der Waals surface area (Å²) in [7, 11) is 0. The second kappa shape index (κ2) is 11.5. The molecule has 160 valence electrons. The molecular weight excluding hydrogens is 517 g/mol. The lowest BCUT2D eigenvalue weighted by Crippen LogP contribution is -2.45. The van der Waals surface area contributed by atoms with Crippen molar-refractivity contribution in [2.24, 2.45) is 4.99 Å². The second-order valence-electron chi connectivity index (χ2n) is 6.43. The lowest BCUT2D eigenvalue weighted by molar-refractivity contribution is -0.0504. The SMILES string of the molecule is CCNC(=NCc1cc(Cl)ccc1OC(F)F)N1CCC(c2ncn[nH]2)CC1.I. The highest BCUT2D eigenvalue weighted by Gasteiger charge is 2.24. The molecule has 2 N–H and O–H groups in total. The second-order valence-corrected chi connectivity index (χ2v) is 6.87. The maximum atomic E-state index is 12.6. The smallest absolute Gasteiger partial charge is 0.387 e. The summed E-state index contributed by atoms with van der Waals surface area (Å²) in [6.07, 6.45) is 3.38. The summed E-state index contributed by atoms with van der Waals surface area (Å²) < 4.78 is 29.9. The maximum Gasteiger partial charge on any atom is 0.387 e. The number of H-pyrrole nitrogens is 1. The average Bonchev–Trinajstić information content (AvgIpc) is 3.21. The maximum absolute atomic E-state index is 12.6. The van der Waals surface area contributed by atoms with Crippen molar-refractivity contribution in [1.29, 1.82) is 0 Å². The molecule has 0 aliphatic carbocycles. The van der Waals surface area contributed by atoms with Crippen LogP contribution in [0.2, 0.25) is 5.02 Å². The van der Waals surface area contributed by atoms with Crippen molar-refractivity contribution in [3.05, 3.63) is 40.9 Å². The zero-order valence-corrected chi connectivity index (χ0v) is 19.0. The van der Waals surface area contributed by atoms with Gasteiger partial charge in [0.1, 0.15) is 17.9 Å². The molecule has 0 amide bonds. The van der Waals surface area contributed by atoms with Crippen LogP contribution in [0.4, 0.5) is 8.78 Å². The van der Waals surface area contributed by atoms with Gasteiger partial charge >= 0.3 is 6.61 Å². The molecule has 3 rings (SSSR count). The first-order valence-corrected chi connectivity index (χ1v) is 9.56. The van der Waals surface area contributed by atoms with Crippen LogP contribution in [0, 0.1) is 0 Å². The van der Waals surface area contributed by atoms with Crippen LogP contribution in [0.5, 0.6) is 5.75 Å². The van der Waals surface area contributed by atoms with Gasteiger partial charge < -0.3 is 15.0 Å². The zero-order valence-electron chi connectivity index (χ0n) is 15.9. The molecule has 1 fully saturated rings. The highest BCUT2D eigenvalue weighted by molar-refractivity contribution is 14.0. The molecule has 1 aliphatic heterocycles. The first kappa shape index (κ1) is 23.6. The minimum atomic E-state index is -2.90. The van der Waals surface area contributed by atoms with Gasteiger partial charge in [0.2, 0.25) is 0 Å². The fraction of sp³-hybridized carbons (Fsp3) is 0.500. The van der Waals surface area contributed by atoms with Crippen LogP contribution in [0.15, 0.2) is 29.5 Å². The van der Waals surface area contributed by atoms with Crippen molar-refractivity contribution in [3.63, 3.8) is 0 Å². The molecule has 1 aromatic carbocycles. The first-order chi connectivity index (χ1) is 13.6. The van der Waals surface area contributed by atoms with Crippen molar-refractivity contribution >= 4 is 41.5 Å². The van der Waals surface area contributed by atoms with Gasteiger partial charge in [-0.2, -0.15) is 13.9 Å². The number of benzene rings is 1. The molecule has 0 unspecified atom stereocenters. The average molecular weight is 541 g/mol. The van der Waals surface area contributed by atoms with Gasteiger partial charge in [-0.25, -0.2) is 9.98 Å². The Balaban J connectivity index is 0.00000300. The fourth-order valence-electron chi connectivity index (χ4n) is 3.24. The third kappa shape index (κ3) is 6.66. The Hall–Kier alpha value is -1.69. The van der Waals surface area contributed by atoms with Gasteiger partial charge in [-0.05, 0) is 38.0 Å². The van der Waals surface area contributed by atoms with E-state index in [0.29, 0.717) is 23.0 Å². The van der Waals surface area contributed by atoms with Crippen LogP contribution in [0.3, 0.4) is 0 Å². The Morgan fingerprint density at radius 1 is 1.41 bits per heavy atom. The van der Waals surface area contributed by atoms with E-state index in [1.807, 2.05) is 6.92 Å². The molecule has 2 heterocycles. The summed E-state index contributed by atoms with van der Waals surface area (Å²) in [4.78, 5) is 11.0. The number of hydrogen-bond donors (Lipinski definition) is 2. The third-order valence-electron chi connectivity index (χ3n) is 4.59. The molecule has 11 heteroatoms. The molecule has 0 bridgehead atoms. The largest absolute Gasteiger partial charge is 0.434 e. The number of hydrogen-bond acceptors (Lipinski definition) is 4. The predicted molar refractivity (Wildman–Crippen MR) is 118 cm³/mol. The van der Waals surface area contributed by atoms with Crippen molar-refractivity contribution in [2.75, 3.05) is 19.6 Å². The third-order valence-corrected chi connectivity index (χ3v) is 4.82. The van der Waals surface area contributed by atoms with Crippen molar-refractivity contribution in [2.45, 2.75) is 38.8 Å². The van der Waals surface area contributed by atoms with Crippen molar-refractivity contribution in [3.8, 4) is 5.75 Å². The van der Waals surface area contributed by atoms with Gasteiger partial charge in [-0.1, -0.05) is 11.6 Å². The number of likely N-dealkylation sites (tertiary alicyclic amines) is 1. The molecule has 1 aliphatic rings. The summed E-state index contributed by atoms with van der Waals surface area (Å²) in [5, 5.41) is 10.6. The number of alkyl halides is 2. The first-order valence-electron chi connectivity index (χ1n) is 9.18. The number of aromatic nitrogens is 3. The predicted octanol–water partition coefficient (Wildman–Crippen LogP) is 4.02. The normalized spacial score (nSPS) is 15.3. The molecule has 7 nitrogen and oxygen atoms in total. The van der Waals surface area contributed by atoms with Crippen molar-refractivity contribution < 1.29 is 13.5 Å². The number of nitrogens with one attached hydrogen (secondary N) is 2. The standard InChI is InChI=1S/C18H23ClF2N6O.HI/c1-2-22-18(27-7-5-12(6-8-27)16-24-11-25-26-16)23-10-13-9-14(19)3-4-15(13)28-17(20)21;/h3-4,9,11-12,17H,2,5-8,10H2,1H3,(H,22,23)(H,24,25,26);1H. The van der Waals surface area contributed by atoms with E-state index in [2.05, 4.69) is 35.1 Å². The summed E-state index contributed by atoms with van der Waals surface area (Å²) in [6, 6.07) is 4.56. The van der Waals surface area contributed by atoms with Crippen LogP contribution in [0.25, 0.3) is 0 Å². The van der Waals surface area contributed by atoms with Crippen molar-refractivity contribution in [1.82, 2.24) is 25.4 Å². The molecule has 1 aromatic heterocycles. The van der Waals surface area contributed by atoms with E-state index >= 15 is 0 Å². The molecule has 29 heavy (non-hydrogen) atoms. The van der Waals surface area contributed by atoms with Gasteiger partial charge in [0.25, 0.3) is 0 Å². The number of piperidine rings is 1. The van der Waals surface area contributed by atoms with E-state index in [1.165, 1.54) is 18.5 Å². The van der Waals surface area contributed by atoms with Gasteiger partial charge in [-0.15, -0.1) is 24.0 Å². The molecule has 2 aromatic rings. The van der Waals surface area contributed by atoms with Crippen LogP contribution in [-0.2, 0) is 6.54 Å². The Kier molecular flexibility index (Phi) is 9.34. The summed E-state index contributed by atoms with van der Waals surface area (Å²) >= 11 is 6.01. The van der Waals surface area contributed by atoms with Gasteiger partial charge in [0, 0.05) is 36.1 Å². The van der Waals surface area contributed by atoms with Crippen LogP contribution in [0.1, 0.15) is 37.1 Å². The number of halogens is 4. The Bertz CT molecular complexity index is 785. The van der Waals surface area contributed by atoms with Gasteiger partial charge in [-0.3, -0.25) is 5.10 Å². The number of nitrogens with zero attached hydrogens (tertiary/aromatic N) is 4. The number of aromatic amines is 1. The lowest BCUT2D eigenvalue weighted by atomic mass is 9.96. The molecule has 0 spiro atoms.